The van der Waals surface area contributed by atoms with Gasteiger partial charge in [0.05, 0.1) is 31.4 Å². The SMILES string of the molecule is Nc1nc2c(ncn2[C@H]2C[C@H](NC(=O)NC[C@H]3O[C@@H](n4cnc5c(=O)[nH]c(N)nc54)C[C@@H]3O)[C@@H](CO)O2)c(=O)[nH]1. The van der Waals surface area contributed by atoms with Crippen LogP contribution in [-0.4, -0.2) is 92.8 Å². The third-order valence-corrected chi connectivity index (χ3v) is 6.92. The topological polar surface area (TPSA) is 279 Å². The Bertz CT molecular complexity index is 1690. The van der Waals surface area contributed by atoms with Crippen LogP contribution in [0.3, 0.4) is 0 Å². The van der Waals surface area contributed by atoms with Crippen LogP contribution >= 0.6 is 0 Å². The summed E-state index contributed by atoms with van der Waals surface area (Å²) >= 11 is 0. The van der Waals surface area contributed by atoms with Gasteiger partial charge >= 0.3 is 6.03 Å². The fourth-order valence-electron chi connectivity index (χ4n) is 5.01. The van der Waals surface area contributed by atoms with Crippen molar-refractivity contribution in [3.63, 3.8) is 0 Å². The number of aromatic amines is 2. The summed E-state index contributed by atoms with van der Waals surface area (Å²) in [5, 5.41) is 25.8. The number of anilines is 2. The first-order valence-corrected chi connectivity index (χ1v) is 12.3. The molecule has 2 aliphatic rings. The maximum absolute atomic E-state index is 12.7. The minimum atomic E-state index is -0.927. The van der Waals surface area contributed by atoms with E-state index in [1.54, 1.807) is 0 Å². The number of aliphatic hydroxyl groups is 2. The van der Waals surface area contributed by atoms with Crippen molar-refractivity contribution < 1.29 is 24.5 Å². The van der Waals surface area contributed by atoms with E-state index in [1.807, 2.05) is 0 Å². The van der Waals surface area contributed by atoms with E-state index < -0.39 is 54.0 Å². The molecule has 0 aliphatic carbocycles. The van der Waals surface area contributed by atoms with E-state index in [9.17, 15) is 24.6 Å². The van der Waals surface area contributed by atoms with Gasteiger partial charge < -0.3 is 41.8 Å². The van der Waals surface area contributed by atoms with Gasteiger partial charge in [0.2, 0.25) is 11.9 Å². The summed E-state index contributed by atoms with van der Waals surface area (Å²) in [4.78, 5) is 57.9. The number of nitrogen functional groups attached to an aromatic ring is 2. The van der Waals surface area contributed by atoms with E-state index in [-0.39, 0.29) is 60.2 Å². The van der Waals surface area contributed by atoms with Gasteiger partial charge in [-0.3, -0.25) is 28.7 Å². The van der Waals surface area contributed by atoms with Crippen LogP contribution in [0.2, 0.25) is 0 Å². The quantitative estimate of drug-likeness (QED) is 0.117. The lowest BCUT2D eigenvalue weighted by Crippen LogP contribution is -2.49. The predicted molar refractivity (Wildman–Crippen MR) is 136 cm³/mol. The van der Waals surface area contributed by atoms with Crippen LogP contribution in [0.15, 0.2) is 22.2 Å². The Kier molecular flexibility index (Phi) is 6.33. The fourth-order valence-corrected chi connectivity index (χ4v) is 5.01. The number of hydrogen-bond acceptors (Lipinski definition) is 13. The molecule has 2 amide bonds. The lowest BCUT2D eigenvalue weighted by atomic mass is 10.1. The second kappa shape index (κ2) is 9.86. The number of aliphatic hydroxyl groups excluding tert-OH is 2. The van der Waals surface area contributed by atoms with Gasteiger partial charge in [-0.25, -0.2) is 14.8 Å². The molecular formula is C21H26N12O7. The molecule has 40 heavy (non-hydrogen) atoms. The van der Waals surface area contributed by atoms with Gasteiger partial charge in [0, 0.05) is 19.4 Å². The number of carbonyl (C=O) groups excluding carboxylic acids is 1. The Balaban J connectivity index is 1.08. The molecule has 19 heteroatoms. The molecule has 2 fully saturated rings. The summed E-state index contributed by atoms with van der Waals surface area (Å²) in [6.45, 7) is -0.415. The van der Waals surface area contributed by atoms with Crippen molar-refractivity contribution in [1.29, 1.82) is 0 Å². The zero-order chi connectivity index (χ0) is 28.1. The highest BCUT2D eigenvalue weighted by molar-refractivity contribution is 5.74. The van der Waals surface area contributed by atoms with Gasteiger partial charge in [0.15, 0.2) is 22.3 Å². The van der Waals surface area contributed by atoms with Gasteiger partial charge in [0.25, 0.3) is 11.1 Å². The largest absolute Gasteiger partial charge is 0.394 e. The molecule has 6 atom stereocenters. The summed E-state index contributed by atoms with van der Waals surface area (Å²) < 4.78 is 14.8. The second-order valence-electron chi connectivity index (χ2n) is 9.49. The smallest absolute Gasteiger partial charge is 0.315 e. The van der Waals surface area contributed by atoms with Crippen LogP contribution in [0.25, 0.3) is 22.3 Å². The highest BCUT2D eigenvalue weighted by Crippen LogP contribution is 2.31. The van der Waals surface area contributed by atoms with Gasteiger partial charge in [-0.1, -0.05) is 0 Å². The third kappa shape index (κ3) is 4.49. The van der Waals surface area contributed by atoms with Crippen LogP contribution in [0.5, 0.6) is 0 Å². The van der Waals surface area contributed by atoms with Crippen molar-refractivity contribution in [3.8, 4) is 0 Å². The molecule has 2 aliphatic heterocycles. The molecule has 212 valence electrons. The summed E-state index contributed by atoms with van der Waals surface area (Å²) in [6, 6.07) is -1.17. The number of nitrogens with two attached hydrogens (primary N) is 2. The lowest BCUT2D eigenvalue weighted by molar-refractivity contribution is -0.0249. The summed E-state index contributed by atoms with van der Waals surface area (Å²) in [5.41, 5.74) is 10.9. The van der Waals surface area contributed by atoms with E-state index in [4.69, 9.17) is 20.9 Å². The molecule has 0 radical (unpaired) electrons. The molecular weight excluding hydrogens is 532 g/mol. The number of ether oxygens (including phenoxy) is 2. The first kappa shape index (κ1) is 25.7. The van der Waals surface area contributed by atoms with E-state index in [2.05, 4.69) is 40.5 Å². The Labute approximate surface area is 222 Å². The van der Waals surface area contributed by atoms with Gasteiger partial charge in [0.1, 0.15) is 24.7 Å². The number of carbonyl (C=O) groups is 1. The highest BCUT2D eigenvalue weighted by atomic mass is 16.5. The van der Waals surface area contributed by atoms with Gasteiger partial charge in [-0.15, -0.1) is 0 Å². The Morgan fingerprint density at radius 3 is 2.10 bits per heavy atom. The molecule has 4 aromatic rings. The van der Waals surface area contributed by atoms with Gasteiger partial charge in [-0.05, 0) is 0 Å². The number of urea groups is 1. The van der Waals surface area contributed by atoms with Crippen molar-refractivity contribution in [2.45, 2.75) is 49.7 Å². The molecule has 0 unspecified atom stereocenters. The number of fused-ring (bicyclic) bond motifs is 2. The predicted octanol–water partition coefficient (Wildman–Crippen LogP) is -2.99. The molecule has 0 saturated carbocycles. The van der Waals surface area contributed by atoms with Gasteiger partial charge in [-0.2, -0.15) is 9.97 Å². The van der Waals surface area contributed by atoms with Crippen LogP contribution in [0, 0.1) is 0 Å². The normalized spacial score (nSPS) is 26.6. The minimum Gasteiger partial charge on any atom is -0.394 e. The van der Waals surface area contributed by atoms with Crippen LogP contribution in [-0.2, 0) is 9.47 Å². The Hall–Kier alpha value is -4.59. The number of nitrogens with zero attached hydrogens (tertiary/aromatic N) is 6. The number of H-pyrrole nitrogens is 2. The van der Waals surface area contributed by atoms with E-state index in [1.165, 1.54) is 21.8 Å². The van der Waals surface area contributed by atoms with Crippen molar-refractivity contribution >= 4 is 40.3 Å². The first-order chi connectivity index (χ1) is 19.2. The van der Waals surface area contributed by atoms with E-state index in [0.29, 0.717) is 0 Å². The number of rotatable bonds is 6. The molecule has 6 rings (SSSR count). The van der Waals surface area contributed by atoms with E-state index in [0.717, 1.165) is 0 Å². The minimum absolute atomic E-state index is 0.0365. The van der Waals surface area contributed by atoms with Crippen molar-refractivity contribution in [1.82, 2.24) is 49.7 Å². The fraction of sp³-hybridized carbons (Fsp3) is 0.476. The third-order valence-electron chi connectivity index (χ3n) is 6.92. The molecule has 2 saturated heterocycles. The number of amides is 2. The maximum Gasteiger partial charge on any atom is 0.315 e. The molecule has 0 bridgehead atoms. The molecule has 19 nitrogen and oxygen atoms in total. The lowest BCUT2D eigenvalue weighted by Gasteiger charge is -2.20. The zero-order valence-corrected chi connectivity index (χ0v) is 20.7. The standard InChI is InChI=1S/C21H26N12O7/c22-19-28-15-13(17(36)30-19)25-5-32(15)11-1-7(10(4-34)40-11)27-21(38)24-3-9-8(35)2-12(39-9)33-6-26-14-16(33)29-20(23)31-18(14)37/h5-12,34-35H,1-4H2,(H2,24,27,38)(H3,22,28,30,36)(H3,23,29,31,37)/t7-,8-,9+,10+,11+,12+/m0/s1. The first-order valence-electron chi connectivity index (χ1n) is 12.3. The zero-order valence-electron chi connectivity index (χ0n) is 20.7. The molecule has 0 spiro atoms. The van der Waals surface area contributed by atoms with Crippen LogP contribution in [0.4, 0.5) is 16.7 Å². The van der Waals surface area contributed by atoms with Crippen molar-refractivity contribution in [3.05, 3.63) is 33.4 Å². The average molecular weight is 559 g/mol. The Morgan fingerprint density at radius 1 is 0.975 bits per heavy atom. The number of imidazole rings is 2. The molecule has 0 aromatic carbocycles. The van der Waals surface area contributed by atoms with Crippen molar-refractivity contribution in [2.75, 3.05) is 24.6 Å². The second-order valence-corrected chi connectivity index (χ2v) is 9.49. The number of hydrogen-bond donors (Lipinski definition) is 8. The van der Waals surface area contributed by atoms with Crippen LogP contribution in [0.1, 0.15) is 25.3 Å². The Morgan fingerprint density at radius 2 is 1.52 bits per heavy atom. The average Bonchev–Trinajstić information content (AvgIpc) is 3.67. The summed E-state index contributed by atoms with van der Waals surface area (Å²) in [5.74, 6) is -0.166. The molecule has 4 aromatic heterocycles. The van der Waals surface area contributed by atoms with E-state index >= 15 is 0 Å². The monoisotopic (exact) mass is 558 g/mol. The molecule has 6 heterocycles. The summed E-state index contributed by atoms with van der Waals surface area (Å²) in [6.07, 6.45) is -0.640. The highest BCUT2D eigenvalue weighted by Gasteiger charge is 2.39. The summed E-state index contributed by atoms with van der Waals surface area (Å²) in [7, 11) is 0. The molecule has 10 N–H and O–H groups in total. The number of nitrogens with one attached hydrogen (secondary N) is 4. The number of aromatic nitrogens is 8. The van der Waals surface area contributed by atoms with Crippen LogP contribution < -0.4 is 33.2 Å². The van der Waals surface area contributed by atoms with Crippen molar-refractivity contribution in [2.24, 2.45) is 0 Å². The maximum atomic E-state index is 12.7.